The smallest absolute Gasteiger partial charge is 0.0664 e. The van der Waals surface area contributed by atoms with Gasteiger partial charge in [0.15, 0.2) is 0 Å². The number of hydrogen-bond donors (Lipinski definition) is 1. The molecule has 0 unspecified atom stereocenters. The topological polar surface area (TPSA) is 38.9 Å². The summed E-state index contributed by atoms with van der Waals surface area (Å²) in [5, 5.41) is 0.749. The van der Waals surface area contributed by atoms with Crippen molar-refractivity contribution in [1.82, 2.24) is 4.98 Å². The number of aromatic nitrogens is 1. The van der Waals surface area contributed by atoms with Gasteiger partial charge in [-0.05, 0) is 30.4 Å². The number of nitrogens with two attached hydrogens (primary N) is 1. The highest BCUT2D eigenvalue weighted by molar-refractivity contribution is 6.31. The van der Waals surface area contributed by atoms with Gasteiger partial charge in [-0.2, -0.15) is 0 Å². The molecule has 15 heavy (non-hydrogen) atoms. The Morgan fingerprint density at radius 2 is 2.13 bits per heavy atom. The van der Waals surface area contributed by atoms with Gasteiger partial charge in [0.05, 0.1) is 10.7 Å². The summed E-state index contributed by atoms with van der Waals surface area (Å²) in [4.78, 5) is 4.40. The molecule has 1 aliphatic rings. The summed E-state index contributed by atoms with van der Waals surface area (Å²) in [6.07, 6.45) is 3.95. The highest BCUT2D eigenvalue weighted by Gasteiger charge is 2.50. The minimum atomic E-state index is 0.0157. The van der Waals surface area contributed by atoms with Gasteiger partial charge in [-0.3, -0.25) is 4.98 Å². The number of nitrogens with zero attached hydrogens (tertiary/aromatic N) is 1. The van der Waals surface area contributed by atoms with E-state index in [-0.39, 0.29) is 5.41 Å². The van der Waals surface area contributed by atoms with E-state index in [9.17, 15) is 0 Å². The molecule has 0 amide bonds. The predicted molar refractivity (Wildman–Crippen MR) is 63.0 cm³/mol. The summed E-state index contributed by atoms with van der Waals surface area (Å²) < 4.78 is 0. The van der Waals surface area contributed by atoms with E-state index >= 15 is 0 Å². The summed E-state index contributed by atoms with van der Waals surface area (Å²) in [5.41, 5.74) is 7.26. The first-order valence-corrected chi connectivity index (χ1v) is 5.68. The molecule has 0 spiro atoms. The summed E-state index contributed by atoms with van der Waals surface area (Å²) in [7, 11) is 0. The van der Waals surface area contributed by atoms with Crippen molar-refractivity contribution >= 4 is 11.6 Å². The molecule has 1 heterocycles. The second kappa shape index (κ2) is 3.46. The summed E-state index contributed by atoms with van der Waals surface area (Å²) in [6, 6.07) is 3.76. The zero-order valence-corrected chi connectivity index (χ0v) is 10.0. The quantitative estimate of drug-likeness (QED) is 0.839. The Bertz CT molecular complexity index is 366. The van der Waals surface area contributed by atoms with Crippen molar-refractivity contribution in [3.63, 3.8) is 0 Å². The molecule has 1 aromatic heterocycles. The third kappa shape index (κ3) is 1.77. The molecule has 2 N–H and O–H groups in total. The molecule has 1 saturated carbocycles. The third-order valence-electron chi connectivity index (χ3n) is 3.29. The fraction of sp³-hybridized carbons (Fsp3) is 0.583. The van der Waals surface area contributed by atoms with Crippen LogP contribution in [0.5, 0.6) is 0 Å². The Balaban J connectivity index is 2.34. The summed E-state index contributed by atoms with van der Waals surface area (Å²) in [6.45, 7) is 5.16. The second-order valence-electron chi connectivity index (χ2n) is 5.34. The van der Waals surface area contributed by atoms with E-state index in [1.54, 1.807) is 6.20 Å². The van der Waals surface area contributed by atoms with Gasteiger partial charge in [0.25, 0.3) is 0 Å². The first-order chi connectivity index (χ1) is 6.99. The van der Waals surface area contributed by atoms with E-state index in [0.29, 0.717) is 12.0 Å². The normalized spacial score (nSPS) is 22.1. The largest absolute Gasteiger partial charge is 0.330 e. The molecule has 0 aliphatic heterocycles. The minimum Gasteiger partial charge on any atom is -0.330 e. The zero-order valence-electron chi connectivity index (χ0n) is 9.26. The summed E-state index contributed by atoms with van der Waals surface area (Å²) in [5.74, 6) is 0. The van der Waals surface area contributed by atoms with Crippen molar-refractivity contribution in [1.29, 1.82) is 0 Å². The van der Waals surface area contributed by atoms with Crippen molar-refractivity contribution in [3.05, 3.63) is 29.0 Å². The molecule has 0 atom stereocenters. The number of pyridine rings is 1. The van der Waals surface area contributed by atoms with Gasteiger partial charge in [-0.1, -0.05) is 25.4 Å². The Morgan fingerprint density at radius 3 is 2.60 bits per heavy atom. The third-order valence-corrected chi connectivity index (χ3v) is 3.59. The number of halogens is 1. The molecule has 0 radical (unpaired) electrons. The molecular formula is C12H17ClN2. The van der Waals surface area contributed by atoms with Crippen LogP contribution in [0, 0.1) is 5.41 Å². The molecule has 1 aromatic rings. The van der Waals surface area contributed by atoms with Crippen molar-refractivity contribution < 1.29 is 0 Å². The molecule has 1 aliphatic carbocycles. The van der Waals surface area contributed by atoms with Gasteiger partial charge in [0, 0.05) is 18.2 Å². The van der Waals surface area contributed by atoms with Gasteiger partial charge in [-0.15, -0.1) is 0 Å². The highest BCUT2D eigenvalue weighted by atomic mass is 35.5. The molecule has 0 aromatic carbocycles. The number of rotatable bonds is 2. The SMILES string of the molecule is CC1(C)CC(CN)(c2ncccc2Cl)C1. The maximum absolute atomic E-state index is 6.18. The van der Waals surface area contributed by atoms with Crippen LogP contribution in [0.25, 0.3) is 0 Å². The maximum atomic E-state index is 6.18. The zero-order chi connectivity index (χ0) is 11.1. The van der Waals surface area contributed by atoms with Crippen molar-refractivity contribution in [2.45, 2.75) is 32.1 Å². The van der Waals surface area contributed by atoms with Crippen molar-refractivity contribution in [2.24, 2.45) is 11.1 Å². The molecule has 0 saturated heterocycles. The lowest BCUT2D eigenvalue weighted by Gasteiger charge is -2.52. The van der Waals surface area contributed by atoms with Gasteiger partial charge in [-0.25, -0.2) is 0 Å². The van der Waals surface area contributed by atoms with Crippen LogP contribution in [-0.4, -0.2) is 11.5 Å². The predicted octanol–water partition coefficient (Wildman–Crippen LogP) is 2.75. The van der Waals surface area contributed by atoms with Gasteiger partial charge < -0.3 is 5.73 Å². The Labute approximate surface area is 95.8 Å². The first kappa shape index (κ1) is 10.9. The van der Waals surface area contributed by atoms with Crippen LogP contribution in [0.2, 0.25) is 5.02 Å². The van der Waals surface area contributed by atoms with Crippen LogP contribution >= 0.6 is 11.6 Å². The van der Waals surface area contributed by atoms with Crippen LogP contribution in [0.3, 0.4) is 0 Å². The lowest BCUT2D eigenvalue weighted by atomic mass is 9.53. The minimum absolute atomic E-state index is 0.0157. The van der Waals surface area contributed by atoms with Crippen molar-refractivity contribution in [3.8, 4) is 0 Å². The molecule has 2 nitrogen and oxygen atoms in total. The van der Waals surface area contributed by atoms with E-state index in [4.69, 9.17) is 17.3 Å². The lowest BCUT2D eigenvalue weighted by molar-refractivity contribution is 0.0602. The van der Waals surface area contributed by atoms with Crippen LogP contribution in [0.15, 0.2) is 18.3 Å². The van der Waals surface area contributed by atoms with Crippen LogP contribution < -0.4 is 5.73 Å². The van der Waals surface area contributed by atoms with Crippen LogP contribution in [0.4, 0.5) is 0 Å². The Morgan fingerprint density at radius 1 is 1.47 bits per heavy atom. The fourth-order valence-electron chi connectivity index (χ4n) is 2.96. The van der Waals surface area contributed by atoms with Gasteiger partial charge in [0.1, 0.15) is 0 Å². The highest BCUT2D eigenvalue weighted by Crippen LogP contribution is 2.55. The first-order valence-electron chi connectivity index (χ1n) is 5.30. The average Bonchev–Trinajstić information content (AvgIpc) is 2.14. The monoisotopic (exact) mass is 224 g/mol. The number of hydrogen-bond acceptors (Lipinski definition) is 2. The molecule has 82 valence electrons. The second-order valence-corrected chi connectivity index (χ2v) is 5.74. The summed E-state index contributed by atoms with van der Waals surface area (Å²) >= 11 is 6.18. The molecule has 0 bridgehead atoms. The van der Waals surface area contributed by atoms with E-state index in [2.05, 4.69) is 18.8 Å². The van der Waals surface area contributed by atoms with Gasteiger partial charge in [0.2, 0.25) is 0 Å². The average molecular weight is 225 g/mol. The molecule has 3 heteroatoms. The van der Waals surface area contributed by atoms with E-state index in [1.165, 1.54) is 0 Å². The Hall–Kier alpha value is -0.600. The molecule has 1 fully saturated rings. The van der Waals surface area contributed by atoms with Crippen LogP contribution in [0.1, 0.15) is 32.4 Å². The lowest BCUT2D eigenvalue weighted by Crippen LogP contribution is -2.52. The van der Waals surface area contributed by atoms with Crippen LogP contribution in [-0.2, 0) is 5.41 Å². The fourth-order valence-corrected chi connectivity index (χ4v) is 3.29. The van der Waals surface area contributed by atoms with E-state index in [1.807, 2.05) is 12.1 Å². The molecular weight excluding hydrogens is 208 g/mol. The Kier molecular flexibility index (Phi) is 2.52. The van der Waals surface area contributed by atoms with Gasteiger partial charge >= 0.3 is 0 Å². The molecule has 2 rings (SSSR count). The maximum Gasteiger partial charge on any atom is 0.0664 e. The van der Waals surface area contributed by atoms with E-state index < -0.39 is 0 Å². The van der Waals surface area contributed by atoms with E-state index in [0.717, 1.165) is 23.6 Å². The standard InChI is InChI=1S/C12H17ClN2/c1-11(2)6-12(7-11,8-14)10-9(13)4-3-5-15-10/h3-5H,6-8,14H2,1-2H3. The van der Waals surface area contributed by atoms with Crippen molar-refractivity contribution in [2.75, 3.05) is 6.54 Å².